The number of nitrogens with two attached hydrogens (primary N) is 1. The zero-order valence-electron chi connectivity index (χ0n) is 7.58. The summed E-state index contributed by atoms with van der Waals surface area (Å²) in [6, 6.07) is 2.53. The number of ether oxygens (including phenoxy) is 1. The van der Waals surface area contributed by atoms with E-state index in [4.69, 9.17) is 15.6 Å². The van der Waals surface area contributed by atoms with Gasteiger partial charge in [0.1, 0.15) is 11.6 Å². The molecular formula is C9H10FNO3. The van der Waals surface area contributed by atoms with Gasteiger partial charge >= 0.3 is 5.97 Å². The summed E-state index contributed by atoms with van der Waals surface area (Å²) in [6.07, 6.45) is 0. The second-order valence-electron chi connectivity index (χ2n) is 2.62. The molecule has 0 bridgehead atoms. The van der Waals surface area contributed by atoms with Crippen LogP contribution in [0.2, 0.25) is 0 Å². The lowest BCUT2D eigenvalue weighted by molar-refractivity contribution is 0.0691. The van der Waals surface area contributed by atoms with E-state index in [1.165, 1.54) is 13.2 Å². The molecule has 76 valence electrons. The molecule has 0 saturated heterocycles. The minimum Gasteiger partial charge on any atom is -0.496 e. The van der Waals surface area contributed by atoms with E-state index < -0.39 is 17.3 Å². The Balaban J connectivity index is 3.34. The maximum absolute atomic E-state index is 13.4. The van der Waals surface area contributed by atoms with Crippen molar-refractivity contribution in [3.05, 3.63) is 29.1 Å². The number of benzene rings is 1. The normalized spacial score (nSPS) is 9.93. The summed E-state index contributed by atoms with van der Waals surface area (Å²) in [4.78, 5) is 10.6. The number of methoxy groups -OCH3 is 1. The van der Waals surface area contributed by atoms with Gasteiger partial charge in [0.05, 0.1) is 12.7 Å². The fraction of sp³-hybridized carbons (Fsp3) is 0.222. The number of carbonyl (C=O) groups is 1. The van der Waals surface area contributed by atoms with Crippen LogP contribution >= 0.6 is 0 Å². The molecule has 1 aromatic carbocycles. The van der Waals surface area contributed by atoms with Gasteiger partial charge in [-0.25, -0.2) is 9.18 Å². The van der Waals surface area contributed by atoms with E-state index >= 15 is 0 Å². The summed E-state index contributed by atoms with van der Waals surface area (Å²) in [5, 5.41) is 8.63. The summed E-state index contributed by atoms with van der Waals surface area (Å²) in [7, 11) is 1.37. The Hall–Kier alpha value is -1.62. The highest BCUT2D eigenvalue weighted by Crippen LogP contribution is 2.23. The molecule has 0 heterocycles. The van der Waals surface area contributed by atoms with Crippen molar-refractivity contribution in [2.24, 2.45) is 5.73 Å². The van der Waals surface area contributed by atoms with Crippen molar-refractivity contribution in [3.8, 4) is 5.75 Å². The lowest BCUT2D eigenvalue weighted by atomic mass is 10.1. The summed E-state index contributed by atoms with van der Waals surface area (Å²) in [5.41, 5.74) is 4.96. The van der Waals surface area contributed by atoms with E-state index in [0.29, 0.717) is 0 Å². The molecule has 14 heavy (non-hydrogen) atoms. The Morgan fingerprint density at radius 3 is 2.71 bits per heavy atom. The fourth-order valence-electron chi connectivity index (χ4n) is 1.15. The van der Waals surface area contributed by atoms with Crippen LogP contribution in [0, 0.1) is 5.82 Å². The van der Waals surface area contributed by atoms with E-state index in [1.807, 2.05) is 0 Å². The molecule has 0 fully saturated rings. The van der Waals surface area contributed by atoms with Crippen molar-refractivity contribution in [2.45, 2.75) is 6.54 Å². The van der Waals surface area contributed by atoms with Crippen LogP contribution in [0.3, 0.4) is 0 Å². The zero-order chi connectivity index (χ0) is 10.7. The number of carboxylic acids is 1. The molecule has 1 aromatic rings. The van der Waals surface area contributed by atoms with Gasteiger partial charge in [0, 0.05) is 12.1 Å². The number of halogens is 1. The lowest BCUT2D eigenvalue weighted by Crippen LogP contribution is -2.08. The predicted molar refractivity (Wildman–Crippen MR) is 47.8 cm³/mol. The third kappa shape index (κ3) is 1.67. The van der Waals surface area contributed by atoms with E-state index in [9.17, 15) is 9.18 Å². The molecule has 0 unspecified atom stereocenters. The standard InChI is InChI=1S/C9H10FNO3/c1-14-7-3-2-5(9(12)13)8(10)6(7)4-11/h2-3H,4,11H2,1H3,(H,12,13). The molecule has 0 aliphatic carbocycles. The third-order valence-electron chi connectivity index (χ3n) is 1.85. The second kappa shape index (κ2) is 4.06. The molecule has 0 aromatic heterocycles. The molecular weight excluding hydrogens is 189 g/mol. The molecule has 3 N–H and O–H groups in total. The van der Waals surface area contributed by atoms with Crippen molar-refractivity contribution in [2.75, 3.05) is 7.11 Å². The Morgan fingerprint density at radius 1 is 1.64 bits per heavy atom. The highest BCUT2D eigenvalue weighted by atomic mass is 19.1. The van der Waals surface area contributed by atoms with Crippen LogP contribution in [0.25, 0.3) is 0 Å². The van der Waals surface area contributed by atoms with Crippen LogP contribution in [0.15, 0.2) is 12.1 Å². The quantitative estimate of drug-likeness (QED) is 0.761. The average molecular weight is 199 g/mol. The Labute approximate surface area is 80.1 Å². The third-order valence-corrected chi connectivity index (χ3v) is 1.85. The van der Waals surface area contributed by atoms with Gasteiger partial charge in [-0.05, 0) is 12.1 Å². The molecule has 0 aliphatic heterocycles. The molecule has 0 atom stereocenters. The van der Waals surface area contributed by atoms with Gasteiger partial charge in [-0.2, -0.15) is 0 Å². The smallest absolute Gasteiger partial charge is 0.338 e. The number of carboxylic acid groups (broad SMARTS) is 1. The van der Waals surface area contributed by atoms with Crippen LogP contribution in [0.1, 0.15) is 15.9 Å². The first-order chi connectivity index (χ1) is 6.61. The van der Waals surface area contributed by atoms with E-state index in [0.717, 1.165) is 6.07 Å². The summed E-state index contributed by atoms with van der Waals surface area (Å²) >= 11 is 0. The fourth-order valence-corrected chi connectivity index (χ4v) is 1.15. The first-order valence-electron chi connectivity index (χ1n) is 3.90. The van der Waals surface area contributed by atoms with Crippen molar-refractivity contribution >= 4 is 5.97 Å². The minimum absolute atomic E-state index is 0.0763. The highest BCUT2D eigenvalue weighted by Gasteiger charge is 2.16. The largest absolute Gasteiger partial charge is 0.496 e. The number of rotatable bonds is 3. The van der Waals surface area contributed by atoms with Gasteiger partial charge in [-0.1, -0.05) is 0 Å². The van der Waals surface area contributed by atoms with Gasteiger partial charge in [0.2, 0.25) is 0 Å². The van der Waals surface area contributed by atoms with Crippen molar-refractivity contribution in [1.82, 2.24) is 0 Å². The van der Waals surface area contributed by atoms with E-state index in [2.05, 4.69) is 0 Å². The SMILES string of the molecule is COc1ccc(C(=O)O)c(F)c1CN. The Kier molecular flexibility index (Phi) is 3.03. The second-order valence-corrected chi connectivity index (χ2v) is 2.62. The molecule has 0 saturated carbocycles. The van der Waals surface area contributed by atoms with E-state index in [1.54, 1.807) is 0 Å². The van der Waals surface area contributed by atoms with Crippen LogP contribution in [0.4, 0.5) is 4.39 Å². The van der Waals surface area contributed by atoms with E-state index in [-0.39, 0.29) is 17.9 Å². The molecule has 0 amide bonds. The first kappa shape index (κ1) is 10.5. The summed E-state index contributed by atoms with van der Waals surface area (Å²) < 4.78 is 18.3. The number of hydrogen-bond donors (Lipinski definition) is 2. The molecule has 0 spiro atoms. The van der Waals surface area contributed by atoms with Gasteiger partial charge < -0.3 is 15.6 Å². The number of aromatic carboxylic acids is 1. The topological polar surface area (TPSA) is 72.5 Å². The number of hydrogen-bond acceptors (Lipinski definition) is 3. The average Bonchev–Trinajstić information content (AvgIpc) is 2.16. The molecule has 0 radical (unpaired) electrons. The van der Waals surface area contributed by atoms with Gasteiger partial charge in [-0.3, -0.25) is 0 Å². The minimum atomic E-state index is -1.32. The predicted octanol–water partition coefficient (Wildman–Crippen LogP) is 0.991. The van der Waals surface area contributed by atoms with Crippen LogP contribution in [-0.4, -0.2) is 18.2 Å². The van der Waals surface area contributed by atoms with Crippen molar-refractivity contribution in [1.29, 1.82) is 0 Å². The van der Waals surface area contributed by atoms with Crippen LogP contribution in [-0.2, 0) is 6.54 Å². The van der Waals surface area contributed by atoms with Crippen LogP contribution in [0.5, 0.6) is 5.75 Å². The summed E-state index contributed by atoms with van der Waals surface area (Å²) in [5.74, 6) is -1.89. The Morgan fingerprint density at radius 2 is 2.29 bits per heavy atom. The molecule has 5 heteroatoms. The van der Waals surface area contributed by atoms with Gasteiger partial charge in [0.15, 0.2) is 0 Å². The molecule has 4 nitrogen and oxygen atoms in total. The maximum Gasteiger partial charge on any atom is 0.338 e. The van der Waals surface area contributed by atoms with Crippen molar-refractivity contribution in [3.63, 3.8) is 0 Å². The maximum atomic E-state index is 13.4. The highest BCUT2D eigenvalue weighted by molar-refractivity contribution is 5.88. The molecule has 0 aliphatic rings. The lowest BCUT2D eigenvalue weighted by Gasteiger charge is -2.08. The van der Waals surface area contributed by atoms with Gasteiger partial charge in [0.25, 0.3) is 0 Å². The monoisotopic (exact) mass is 199 g/mol. The van der Waals surface area contributed by atoms with Gasteiger partial charge in [-0.15, -0.1) is 0 Å². The summed E-state index contributed by atoms with van der Waals surface area (Å²) in [6.45, 7) is -0.101. The van der Waals surface area contributed by atoms with Crippen molar-refractivity contribution < 1.29 is 19.0 Å². The Bertz CT molecular complexity index is 365. The zero-order valence-corrected chi connectivity index (χ0v) is 7.58. The molecule has 1 rings (SSSR count). The first-order valence-corrected chi connectivity index (χ1v) is 3.90. The van der Waals surface area contributed by atoms with Crippen LogP contribution < -0.4 is 10.5 Å².